The third-order valence-electron chi connectivity index (χ3n) is 4.56. The van der Waals surface area contributed by atoms with Crippen LogP contribution in [0.2, 0.25) is 0 Å². The Morgan fingerprint density at radius 3 is 1.74 bits per heavy atom. The number of amides is 4. The molecule has 0 saturated carbocycles. The van der Waals surface area contributed by atoms with Crippen molar-refractivity contribution in [1.29, 1.82) is 0 Å². The van der Waals surface area contributed by atoms with Gasteiger partial charge in [0.05, 0.1) is 12.5 Å². The van der Waals surface area contributed by atoms with Crippen molar-refractivity contribution in [2.75, 3.05) is 0 Å². The van der Waals surface area contributed by atoms with Crippen molar-refractivity contribution >= 4 is 41.5 Å². The fourth-order valence-electron chi connectivity index (χ4n) is 2.67. The Hall–Kier alpha value is -3.75. The molecule has 0 saturated heterocycles. The van der Waals surface area contributed by atoms with Gasteiger partial charge in [0.1, 0.15) is 18.1 Å². The number of carbonyl (C=O) groups is 7. The Balaban J connectivity index is 5.42. The van der Waals surface area contributed by atoms with Crippen molar-refractivity contribution in [3.63, 3.8) is 0 Å². The second-order valence-electron chi connectivity index (χ2n) is 7.83. The van der Waals surface area contributed by atoms with Crippen LogP contribution < -0.4 is 27.4 Å². The molecule has 0 aliphatic heterocycles. The zero-order valence-electron chi connectivity index (χ0n) is 18.8. The highest BCUT2D eigenvalue weighted by atomic mass is 16.4. The van der Waals surface area contributed by atoms with Crippen molar-refractivity contribution < 1.29 is 48.9 Å². The second kappa shape index (κ2) is 14.4. The summed E-state index contributed by atoms with van der Waals surface area (Å²) in [6.07, 6.45) is -2.17. The molecule has 0 aromatic heterocycles. The van der Waals surface area contributed by atoms with Crippen molar-refractivity contribution in [3.05, 3.63) is 0 Å². The molecule has 4 atom stereocenters. The summed E-state index contributed by atoms with van der Waals surface area (Å²) in [5.41, 5.74) is 10.6. The number of primary amides is 1. The van der Waals surface area contributed by atoms with E-state index in [9.17, 15) is 38.7 Å². The van der Waals surface area contributed by atoms with Gasteiger partial charge < -0.3 is 42.7 Å². The Morgan fingerprint density at radius 2 is 1.29 bits per heavy atom. The molecule has 0 aliphatic rings. The van der Waals surface area contributed by atoms with Gasteiger partial charge in [-0.1, -0.05) is 13.8 Å². The van der Waals surface area contributed by atoms with Gasteiger partial charge in [-0.3, -0.25) is 28.8 Å². The van der Waals surface area contributed by atoms with Crippen molar-refractivity contribution in [2.45, 2.75) is 70.1 Å². The molecule has 0 aromatic carbocycles. The Bertz CT molecular complexity index is 800. The minimum absolute atomic E-state index is 0.262. The maximum atomic E-state index is 12.7. The van der Waals surface area contributed by atoms with Gasteiger partial charge in [-0.05, 0) is 18.8 Å². The zero-order valence-corrected chi connectivity index (χ0v) is 18.8. The number of carbonyl (C=O) groups excluding carboxylic acids is 4. The van der Waals surface area contributed by atoms with E-state index in [0.29, 0.717) is 0 Å². The lowest BCUT2D eigenvalue weighted by Gasteiger charge is -2.26. The largest absolute Gasteiger partial charge is 0.481 e. The number of hydrogen-bond acceptors (Lipinski definition) is 8. The van der Waals surface area contributed by atoms with Gasteiger partial charge in [-0.15, -0.1) is 0 Å². The molecule has 0 spiro atoms. The molecular formula is C19H31N5O10. The van der Waals surface area contributed by atoms with Crippen molar-refractivity contribution in [2.24, 2.45) is 17.4 Å². The average molecular weight is 489 g/mol. The van der Waals surface area contributed by atoms with E-state index in [1.54, 1.807) is 0 Å². The summed E-state index contributed by atoms with van der Waals surface area (Å²) in [5.74, 6) is -8.40. The van der Waals surface area contributed by atoms with Crippen LogP contribution in [0.4, 0.5) is 0 Å². The molecule has 0 aliphatic carbocycles. The number of nitrogens with one attached hydrogen (secondary N) is 3. The monoisotopic (exact) mass is 489 g/mol. The van der Waals surface area contributed by atoms with Crippen LogP contribution in [-0.2, 0) is 33.6 Å². The highest BCUT2D eigenvalue weighted by Gasteiger charge is 2.33. The highest BCUT2D eigenvalue weighted by Crippen LogP contribution is 2.07. The Morgan fingerprint density at radius 1 is 0.735 bits per heavy atom. The number of carboxylic acids is 3. The topological polar surface area (TPSA) is 268 Å². The first kappa shape index (κ1) is 30.2. The lowest BCUT2D eigenvalue weighted by atomic mass is 10.0. The van der Waals surface area contributed by atoms with Crippen molar-refractivity contribution in [3.8, 4) is 0 Å². The summed E-state index contributed by atoms with van der Waals surface area (Å²) < 4.78 is 0. The summed E-state index contributed by atoms with van der Waals surface area (Å²) in [4.78, 5) is 81.5. The fraction of sp³-hybridized carbons (Fsp3) is 0.632. The van der Waals surface area contributed by atoms with E-state index in [4.69, 9.17) is 21.7 Å². The van der Waals surface area contributed by atoms with Crippen LogP contribution in [0.5, 0.6) is 0 Å². The van der Waals surface area contributed by atoms with Gasteiger partial charge in [-0.25, -0.2) is 4.79 Å². The van der Waals surface area contributed by atoms with Gasteiger partial charge in [0.15, 0.2) is 0 Å². The SMILES string of the molecule is CC(C)C(NC(=O)C(CC(=O)O)NC(=O)C(N)CCC(=O)O)C(=O)NC(CCC(N)=O)C(=O)O. The van der Waals surface area contributed by atoms with Crippen LogP contribution in [0, 0.1) is 5.92 Å². The predicted molar refractivity (Wildman–Crippen MR) is 114 cm³/mol. The third kappa shape index (κ3) is 11.8. The number of carboxylic acid groups (broad SMARTS) is 3. The lowest BCUT2D eigenvalue weighted by Crippen LogP contribution is -2.58. The van der Waals surface area contributed by atoms with Gasteiger partial charge in [0, 0.05) is 12.8 Å². The van der Waals surface area contributed by atoms with Gasteiger partial charge >= 0.3 is 17.9 Å². The van der Waals surface area contributed by atoms with Crippen LogP contribution in [0.3, 0.4) is 0 Å². The summed E-state index contributed by atoms with van der Waals surface area (Å²) in [6, 6.07) is -5.78. The lowest BCUT2D eigenvalue weighted by molar-refractivity contribution is -0.144. The Kier molecular flexibility index (Phi) is 12.8. The van der Waals surface area contributed by atoms with E-state index in [1.807, 2.05) is 0 Å². The summed E-state index contributed by atoms with van der Waals surface area (Å²) in [6.45, 7) is 3.05. The molecule has 0 aromatic rings. The number of nitrogens with two attached hydrogens (primary N) is 2. The smallest absolute Gasteiger partial charge is 0.326 e. The molecule has 4 amide bonds. The minimum Gasteiger partial charge on any atom is -0.481 e. The highest BCUT2D eigenvalue weighted by molar-refractivity contribution is 5.95. The standard InChI is InChI=1S/C19H31N5O10/c1-8(2)15(18(32)22-10(19(33)34)4-5-12(21)25)24-17(31)11(7-14(28)29)23-16(30)9(20)3-6-13(26)27/h8-11,15H,3-7,20H2,1-2H3,(H2,21,25)(H,22,32)(H,23,30)(H,24,31)(H,26,27)(H,28,29)(H,33,34). The van der Waals surface area contributed by atoms with E-state index >= 15 is 0 Å². The average Bonchev–Trinajstić information content (AvgIpc) is 2.71. The normalized spacial score (nSPS) is 14.2. The molecule has 192 valence electrons. The van der Waals surface area contributed by atoms with E-state index in [2.05, 4.69) is 16.0 Å². The van der Waals surface area contributed by atoms with Crippen LogP contribution in [0.15, 0.2) is 0 Å². The first-order valence-corrected chi connectivity index (χ1v) is 10.3. The fourth-order valence-corrected chi connectivity index (χ4v) is 2.67. The molecule has 15 nitrogen and oxygen atoms in total. The zero-order chi connectivity index (χ0) is 26.6. The third-order valence-corrected chi connectivity index (χ3v) is 4.56. The van der Waals surface area contributed by atoms with E-state index < -0.39 is 84.5 Å². The quantitative estimate of drug-likeness (QED) is 0.109. The van der Waals surface area contributed by atoms with E-state index in [-0.39, 0.29) is 19.3 Å². The molecule has 0 heterocycles. The van der Waals surface area contributed by atoms with E-state index in [1.165, 1.54) is 13.8 Å². The number of aliphatic carboxylic acids is 3. The molecule has 0 bridgehead atoms. The molecular weight excluding hydrogens is 458 g/mol. The van der Waals surface area contributed by atoms with E-state index in [0.717, 1.165) is 0 Å². The first-order valence-electron chi connectivity index (χ1n) is 10.3. The maximum absolute atomic E-state index is 12.7. The van der Waals surface area contributed by atoms with Crippen molar-refractivity contribution in [1.82, 2.24) is 16.0 Å². The molecule has 34 heavy (non-hydrogen) atoms. The van der Waals surface area contributed by atoms with Crippen LogP contribution in [0.25, 0.3) is 0 Å². The first-order chi connectivity index (χ1) is 15.6. The predicted octanol–water partition coefficient (Wildman–Crippen LogP) is -2.89. The van der Waals surface area contributed by atoms with Crippen LogP contribution in [-0.4, -0.2) is 81.0 Å². The van der Waals surface area contributed by atoms with Gasteiger partial charge in [0.2, 0.25) is 23.6 Å². The number of hydrogen-bond donors (Lipinski definition) is 8. The maximum Gasteiger partial charge on any atom is 0.326 e. The molecule has 10 N–H and O–H groups in total. The number of rotatable bonds is 16. The molecule has 4 unspecified atom stereocenters. The van der Waals surface area contributed by atoms with Crippen LogP contribution in [0.1, 0.15) is 46.0 Å². The summed E-state index contributed by atoms with van der Waals surface area (Å²) >= 11 is 0. The second-order valence-corrected chi connectivity index (χ2v) is 7.83. The molecule has 0 fully saturated rings. The molecule has 15 heteroatoms. The van der Waals surface area contributed by atoms with Gasteiger partial charge in [-0.2, -0.15) is 0 Å². The Labute approximate surface area is 194 Å². The summed E-state index contributed by atoms with van der Waals surface area (Å²) in [5, 5.41) is 33.6. The molecule has 0 rings (SSSR count). The molecule has 0 radical (unpaired) electrons. The summed E-state index contributed by atoms with van der Waals surface area (Å²) in [7, 11) is 0. The van der Waals surface area contributed by atoms with Crippen LogP contribution >= 0.6 is 0 Å². The van der Waals surface area contributed by atoms with Gasteiger partial charge in [0.25, 0.3) is 0 Å². The minimum atomic E-state index is -1.65.